The average molecular weight is 136 g/mol. The lowest BCUT2D eigenvalue weighted by atomic mass is 10.1. The van der Waals surface area contributed by atoms with Crippen molar-refractivity contribution in [1.82, 2.24) is 0 Å². The lowest BCUT2D eigenvalue weighted by molar-refractivity contribution is 0.212. The van der Waals surface area contributed by atoms with Crippen LogP contribution in [0.2, 0.25) is 0 Å². The second kappa shape index (κ2) is 2.90. The minimum Gasteiger partial charge on any atom is -0.389 e. The molecule has 0 unspecified atom stereocenters. The first-order valence-corrected chi connectivity index (χ1v) is 3.55. The third-order valence-corrected chi connectivity index (χ3v) is 2.09. The molecule has 0 aromatic carbocycles. The van der Waals surface area contributed by atoms with Gasteiger partial charge in [-0.2, -0.15) is 0 Å². The normalized spacial score (nSPS) is 25.1. The van der Waals surface area contributed by atoms with Gasteiger partial charge in [0.25, 0.3) is 0 Å². The fourth-order valence-electron chi connectivity index (χ4n) is 1.31. The standard InChI is InChI=1S/C9H12O/c1-3-4-8-5-6-9(10)7(8)2/h1,9-10H,4-6H2,2H3/t9-/m0/s1. The molecule has 54 valence electrons. The van der Waals surface area contributed by atoms with E-state index in [-0.39, 0.29) is 6.10 Å². The maximum absolute atomic E-state index is 9.27. The second-order valence-corrected chi connectivity index (χ2v) is 2.72. The molecular weight excluding hydrogens is 124 g/mol. The van der Waals surface area contributed by atoms with Crippen molar-refractivity contribution in [2.24, 2.45) is 0 Å². The quantitative estimate of drug-likeness (QED) is 0.427. The molecule has 0 fully saturated rings. The Balaban J connectivity index is 2.67. The van der Waals surface area contributed by atoms with E-state index in [1.54, 1.807) is 0 Å². The molecule has 0 amide bonds. The molecule has 1 rings (SSSR count). The fraction of sp³-hybridized carbons (Fsp3) is 0.556. The van der Waals surface area contributed by atoms with Crippen LogP contribution in [0.5, 0.6) is 0 Å². The van der Waals surface area contributed by atoms with Crippen LogP contribution in [-0.4, -0.2) is 11.2 Å². The Hall–Kier alpha value is -0.740. The first kappa shape index (κ1) is 7.37. The van der Waals surface area contributed by atoms with Crippen molar-refractivity contribution >= 4 is 0 Å². The van der Waals surface area contributed by atoms with Crippen molar-refractivity contribution in [3.63, 3.8) is 0 Å². The zero-order valence-electron chi connectivity index (χ0n) is 6.22. The molecule has 1 nitrogen and oxygen atoms in total. The van der Waals surface area contributed by atoms with Crippen molar-refractivity contribution < 1.29 is 5.11 Å². The number of hydrogen-bond acceptors (Lipinski definition) is 1. The molecule has 0 aromatic heterocycles. The van der Waals surface area contributed by atoms with Crippen LogP contribution in [0.25, 0.3) is 0 Å². The van der Waals surface area contributed by atoms with Gasteiger partial charge in [-0.15, -0.1) is 12.3 Å². The molecule has 0 heterocycles. The fourth-order valence-corrected chi connectivity index (χ4v) is 1.31. The van der Waals surface area contributed by atoms with Gasteiger partial charge in [-0.1, -0.05) is 5.57 Å². The summed E-state index contributed by atoms with van der Waals surface area (Å²) in [5, 5.41) is 9.27. The van der Waals surface area contributed by atoms with Crippen LogP contribution in [0.4, 0.5) is 0 Å². The zero-order valence-corrected chi connectivity index (χ0v) is 6.22. The number of rotatable bonds is 1. The van der Waals surface area contributed by atoms with E-state index in [9.17, 15) is 5.11 Å². The summed E-state index contributed by atoms with van der Waals surface area (Å²) in [4.78, 5) is 0. The second-order valence-electron chi connectivity index (χ2n) is 2.72. The minimum atomic E-state index is -0.219. The summed E-state index contributed by atoms with van der Waals surface area (Å²) in [6, 6.07) is 0. The highest BCUT2D eigenvalue weighted by Gasteiger charge is 2.18. The summed E-state index contributed by atoms with van der Waals surface area (Å²) in [5.41, 5.74) is 2.35. The summed E-state index contributed by atoms with van der Waals surface area (Å²) >= 11 is 0. The molecule has 1 aliphatic rings. The van der Waals surface area contributed by atoms with E-state index in [2.05, 4.69) is 5.92 Å². The lowest BCUT2D eigenvalue weighted by Gasteiger charge is -2.00. The van der Waals surface area contributed by atoms with E-state index in [0.717, 1.165) is 18.4 Å². The molecular formula is C9H12O. The third-order valence-electron chi connectivity index (χ3n) is 2.09. The van der Waals surface area contributed by atoms with Crippen molar-refractivity contribution in [1.29, 1.82) is 0 Å². The van der Waals surface area contributed by atoms with E-state index in [4.69, 9.17) is 6.42 Å². The van der Waals surface area contributed by atoms with Crippen LogP contribution >= 0.6 is 0 Å². The summed E-state index contributed by atoms with van der Waals surface area (Å²) in [7, 11) is 0. The number of allylic oxidation sites excluding steroid dienone is 1. The van der Waals surface area contributed by atoms with Crippen LogP contribution in [0.15, 0.2) is 11.1 Å². The van der Waals surface area contributed by atoms with Crippen molar-refractivity contribution in [3.05, 3.63) is 11.1 Å². The molecule has 1 N–H and O–H groups in total. The molecule has 0 radical (unpaired) electrons. The van der Waals surface area contributed by atoms with Crippen LogP contribution in [-0.2, 0) is 0 Å². The highest BCUT2D eigenvalue weighted by Crippen LogP contribution is 2.27. The molecule has 0 aliphatic heterocycles. The molecule has 0 spiro atoms. The van der Waals surface area contributed by atoms with Crippen LogP contribution in [0.3, 0.4) is 0 Å². The van der Waals surface area contributed by atoms with Gasteiger partial charge in [0, 0.05) is 6.42 Å². The summed E-state index contributed by atoms with van der Waals surface area (Å²) in [6.07, 6.45) is 7.49. The van der Waals surface area contributed by atoms with Crippen LogP contribution in [0.1, 0.15) is 26.2 Å². The average Bonchev–Trinajstić information content (AvgIpc) is 2.20. The highest BCUT2D eigenvalue weighted by molar-refractivity contribution is 5.25. The molecule has 1 heteroatoms. The molecule has 0 saturated heterocycles. The molecule has 1 atom stereocenters. The van der Waals surface area contributed by atoms with E-state index >= 15 is 0 Å². The topological polar surface area (TPSA) is 20.2 Å². The Labute approximate surface area is 61.8 Å². The largest absolute Gasteiger partial charge is 0.389 e. The van der Waals surface area contributed by atoms with Gasteiger partial charge in [-0.3, -0.25) is 0 Å². The monoisotopic (exact) mass is 136 g/mol. The predicted molar refractivity (Wildman–Crippen MR) is 41.4 cm³/mol. The Morgan fingerprint density at radius 3 is 2.90 bits per heavy atom. The van der Waals surface area contributed by atoms with Crippen molar-refractivity contribution in [2.45, 2.75) is 32.3 Å². The van der Waals surface area contributed by atoms with Gasteiger partial charge in [0.1, 0.15) is 0 Å². The highest BCUT2D eigenvalue weighted by atomic mass is 16.3. The number of hydrogen-bond donors (Lipinski definition) is 1. The van der Waals surface area contributed by atoms with Gasteiger partial charge in [-0.05, 0) is 25.3 Å². The first-order chi connectivity index (χ1) is 4.75. The molecule has 0 bridgehead atoms. The van der Waals surface area contributed by atoms with Gasteiger partial charge in [-0.25, -0.2) is 0 Å². The number of aliphatic hydroxyl groups excluding tert-OH is 1. The van der Waals surface area contributed by atoms with E-state index in [1.165, 1.54) is 5.57 Å². The van der Waals surface area contributed by atoms with Gasteiger partial charge in [0.05, 0.1) is 6.10 Å². The van der Waals surface area contributed by atoms with E-state index in [0.29, 0.717) is 6.42 Å². The molecule has 1 aliphatic carbocycles. The maximum atomic E-state index is 9.27. The summed E-state index contributed by atoms with van der Waals surface area (Å²) < 4.78 is 0. The minimum absolute atomic E-state index is 0.219. The van der Waals surface area contributed by atoms with E-state index in [1.807, 2.05) is 6.92 Å². The maximum Gasteiger partial charge on any atom is 0.0753 e. The van der Waals surface area contributed by atoms with Gasteiger partial charge in [0.15, 0.2) is 0 Å². The van der Waals surface area contributed by atoms with Crippen molar-refractivity contribution in [2.75, 3.05) is 0 Å². The van der Waals surface area contributed by atoms with Gasteiger partial charge in [0.2, 0.25) is 0 Å². The first-order valence-electron chi connectivity index (χ1n) is 3.55. The Morgan fingerprint density at radius 1 is 1.80 bits per heavy atom. The van der Waals surface area contributed by atoms with Gasteiger partial charge < -0.3 is 5.11 Å². The Bertz CT molecular complexity index is 195. The molecule has 10 heavy (non-hydrogen) atoms. The molecule has 0 aromatic rings. The van der Waals surface area contributed by atoms with Crippen LogP contribution in [0, 0.1) is 12.3 Å². The van der Waals surface area contributed by atoms with Gasteiger partial charge >= 0.3 is 0 Å². The predicted octanol–water partition coefficient (Wildman–Crippen LogP) is 1.48. The molecule has 0 saturated carbocycles. The zero-order chi connectivity index (χ0) is 7.56. The number of aliphatic hydroxyl groups is 1. The van der Waals surface area contributed by atoms with Crippen LogP contribution < -0.4 is 0 Å². The lowest BCUT2D eigenvalue weighted by Crippen LogP contribution is -2.00. The van der Waals surface area contributed by atoms with E-state index < -0.39 is 0 Å². The smallest absolute Gasteiger partial charge is 0.0753 e. The van der Waals surface area contributed by atoms with Crippen molar-refractivity contribution in [3.8, 4) is 12.3 Å². The summed E-state index contributed by atoms with van der Waals surface area (Å²) in [5.74, 6) is 2.59. The summed E-state index contributed by atoms with van der Waals surface area (Å²) in [6.45, 7) is 1.96. The Kier molecular flexibility index (Phi) is 2.13. The SMILES string of the molecule is C#CCC1=C(C)[C@@H](O)CC1. The third kappa shape index (κ3) is 1.22. The Morgan fingerprint density at radius 2 is 2.50 bits per heavy atom. The number of terminal acetylenes is 1.